The van der Waals surface area contributed by atoms with Crippen molar-refractivity contribution in [1.29, 1.82) is 0 Å². The zero-order valence-electron chi connectivity index (χ0n) is 11.8. The van der Waals surface area contributed by atoms with Crippen molar-refractivity contribution in [2.24, 2.45) is 11.7 Å². The van der Waals surface area contributed by atoms with Crippen molar-refractivity contribution in [3.8, 4) is 5.75 Å². The van der Waals surface area contributed by atoms with Gasteiger partial charge in [-0.2, -0.15) is 0 Å². The molecule has 0 saturated carbocycles. The molecule has 0 heterocycles. The number of halogens is 1. The Labute approximate surface area is 130 Å². The summed E-state index contributed by atoms with van der Waals surface area (Å²) < 4.78 is 0. The van der Waals surface area contributed by atoms with E-state index in [1.54, 1.807) is 24.3 Å². The number of hydrogen-bond acceptors (Lipinski definition) is 4. The van der Waals surface area contributed by atoms with Crippen molar-refractivity contribution in [3.63, 3.8) is 0 Å². The van der Waals surface area contributed by atoms with Gasteiger partial charge in [0, 0.05) is 17.5 Å². The smallest absolute Gasteiger partial charge is 0.230 e. The summed E-state index contributed by atoms with van der Waals surface area (Å²) in [5.74, 6) is 1.10. The number of nitrogens with two attached hydrogens (primary N) is 1. The van der Waals surface area contributed by atoms with Gasteiger partial charge >= 0.3 is 0 Å². The van der Waals surface area contributed by atoms with Crippen LogP contribution in [0.25, 0.3) is 0 Å². The summed E-state index contributed by atoms with van der Waals surface area (Å²) in [6, 6.07) is 6.86. The fourth-order valence-electron chi connectivity index (χ4n) is 1.74. The SMILES string of the molecule is CC(C)CC(CN)NC(=O)CSc1ccc(O)cc1.Cl. The van der Waals surface area contributed by atoms with Gasteiger partial charge in [-0.15, -0.1) is 24.2 Å². The predicted molar refractivity (Wildman–Crippen MR) is 86.5 cm³/mol. The van der Waals surface area contributed by atoms with Gasteiger partial charge in [0.15, 0.2) is 0 Å². The molecule has 1 rings (SSSR count). The molecule has 0 fully saturated rings. The highest BCUT2D eigenvalue weighted by Gasteiger charge is 2.12. The van der Waals surface area contributed by atoms with Crippen LogP contribution in [0.4, 0.5) is 0 Å². The molecule has 20 heavy (non-hydrogen) atoms. The number of phenolic OH excluding ortho intramolecular Hbond substituents is 1. The minimum Gasteiger partial charge on any atom is -0.508 e. The number of phenols is 1. The summed E-state index contributed by atoms with van der Waals surface area (Å²) in [7, 11) is 0. The fourth-order valence-corrected chi connectivity index (χ4v) is 2.45. The molecule has 6 heteroatoms. The third kappa shape index (κ3) is 7.62. The molecule has 1 unspecified atom stereocenters. The summed E-state index contributed by atoms with van der Waals surface area (Å²) in [4.78, 5) is 12.8. The highest BCUT2D eigenvalue weighted by molar-refractivity contribution is 8.00. The van der Waals surface area contributed by atoms with Crippen molar-refractivity contribution >= 4 is 30.1 Å². The molecule has 1 aromatic carbocycles. The molecule has 0 bridgehead atoms. The largest absolute Gasteiger partial charge is 0.508 e. The first kappa shape index (κ1) is 19.1. The molecule has 0 spiro atoms. The van der Waals surface area contributed by atoms with Gasteiger partial charge < -0.3 is 16.2 Å². The van der Waals surface area contributed by atoms with E-state index in [-0.39, 0.29) is 30.1 Å². The quantitative estimate of drug-likeness (QED) is 0.675. The van der Waals surface area contributed by atoms with E-state index in [4.69, 9.17) is 10.8 Å². The third-order valence-electron chi connectivity index (χ3n) is 2.61. The third-order valence-corrected chi connectivity index (χ3v) is 3.62. The summed E-state index contributed by atoms with van der Waals surface area (Å²) in [5.41, 5.74) is 5.64. The van der Waals surface area contributed by atoms with Crippen molar-refractivity contribution in [1.82, 2.24) is 5.32 Å². The van der Waals surface area contributed by atoms with Crippen LogP contribution in [0.1, 0.15) is 20.3 Å². The zero-order valence-corrected chi connectivity index (χ0v) is 13.5. The molecule has 4 N–H and O–H groups in total. The summed E-state index contributed by atoms with van der Waals surface area (Å²) in [5, 5.41) is 12.1. The van der Waals surface area contributed by atoms with Crippen molar-refractivity contribution in [2.75, 3.05) is 12.3 Å². The maximum atomic E-state index is 11.8. The number of aromatic hydroxyl groups is 1. The average Bonchev–Trinajstić information content (AvgIpc) is 2.36. The second-order valence-corrected chi connectivity index (χ2v) is 5.96. The highest BCUT2D eigenvalue weighted by atomic mass is 35.5. The van der Waals surface area contributed by atoms with Crippen LogP contribution in [0.2, 0.25) is 0 Å². The van der Waals surface area contributed by atoms with E-state index in [2.05, 4.69) is 19.2 Å². The molecule has 0 aliphatic rings. The van der Waals surface area contributed by atoms with Crippen LogP contribution in [-0.2, 0) is 4.79 Å². The van der Waals surface area contributed by atoms with Gasteiger partial charge in [-0.3, -0.25) is 4.79 Å². The Morgan fingerprint density at radius 3 is 2.45 bits per heavy atom. The van der Waals surface area contributed by atoms with Crippen LogP contribution in [-0.4, -0.2) is 29.4 Å². The lowest BCUT2D eigenvalue weighted by molar-refractivity contribution is -0.119. The Hall–Kier alpha value is -0.910. The Morgan fingerprint density at radius 2 is 1.95 bits per heavy atom. The Bertz CT molecular complexity index is 399. The minimum absolute atomic E-state index is 0. The molecule has 4 nitrogen and oxygen atoms in total. The molecule has 1 atom stereocenters. The van der Waals surface area contributed by atoms with Crippen LogP contribution in [0.5, 0.6) is 5.75 Å². The Kier molecular flexibility index (Phi) is 9.46. The van der Waals surface area contributed by atoms with E-state index in [0.717, 1.165) is 11.3 Å². The number of benzene rings is 1. The molecule has 1 aromatic rings. The first-order valence-corrected chi connectivity index (χ1v) is 7.41. The van der Waals surface area contributed by atoms with Gasteiger partial charge in [-0.25, -0.2) is 0 Å². The lowest BCUT2D eigenvalue weighted by atomic mass is 10.0. The minimum atomic E-state index is -0.00539. The number of carbonyl (C=O) groups is 1. The summed E-state index contributed by atoms with van der Waals surface area (Å²) >= 11 is 1.44. The molecule has 114 valence electrons. The maximum absolute atomic E-state index is 11.8. The predicted octanol–water partition coefficient (Wildman–Crippen LogP) is 2.40. The van der Waals surface area contributed by atoms with Crippen molar-refractivity contribution < 1.29 is 9.90 Å². The van der Waals surface area contributed by atoms with Gasteiger partial charge in [0.2, 0.25) is 5.91 Å². The van der Waals surface area contributed by atoms with Gasteiger partial charge in [-0.1, -0.05) is 13.8 Å². The number of nitrogens with one attached hydrogen (secondary N) is 1. The molecule has 0 saturated heterocycles. The van der Waals surface area contributed by atoms with E-state index < -0.39 is 0 Å². The van der Waals surface area contributed by atoms with Crippen LogP contribution in [0.15, 0.2) is 29.2 Å². The highest BCUT2D eigenvalue weighted by Crippen LogP contribution is 2.20. The van der Waals surface area contributed by atoms with Crippen LogP contribution < -0.4 is 11.1 Å². The maximum Gasteiger partial charge on any atom is 0.230 e. The van der Waals surface area contributed by atoms with Gasteiger partial charge in [0.1, 0.15) is 5.75 Å². The van der Waals surface area contributed by atoms with Gasteiger partial charge in [0.25, 0.3) is 0 Å². The number of rotatable bonds is 7. The van der Waals surface area contributed by atoms with E-state index in [9.17, 15) is 4.79 Å². The first-order valence-electron chi connectivity index (χ1n) is 6.42. The average molecular weight is 319 g/mol. The number of amides is 1. The second-order valence-electron chi connectivity index (χ2n) is 4.91. The molecular weight excluding hydrogens is 296 g/mol. The standard InChI is InChI=1S/C14H22N2O2S.ClH/c1-10(2)7-11(8-15)16-14(18)9-19-13-5-3-12(17)4-6-13;/h3-6,10-11,17H,7-9,15H2,1-2H3,(H,16,18);1H. The summed E-state index contributed by atoms with van der Waals surface area (Å²) in [6.45, 7) is 4.69. The summed E-state index contributed by atoms with van der Waals surface area (Å²) in [6.07, 6.45) is 0.895. The number of carbonyl (C=O) groups excluding carboxylic acids is 1. The molecule has 0 aliphatic heterocycles. The molecule has 0 aliphatic carbocycles. The molecule has 0 radical (unpaired) electrons. The second kappa shape index (κ2) is 9.91. The fraction of sp³-hybridized carbons (Fsp3) is 0.500. The molecular formula is C14H23ClN2O2S. The van der Waals surface area contributed by atoms with E-state index >= 15 is 0 Å². The van der Waals surface area contributed by atoms with Crippen molar-refractivity contribution in [3.05, 3.63) is 24.3 Å². The molecule has 0 aromatic heterocycles. The van der Waals surface area contributed by atoms with E-state index in [0.29, 0.717) is 18.2 Å². The van der Waals surface area contributed by atoms with Gasteiger partial charge in [0.05, 0.1) is 5.75 Å². The topological polar surface area (TPSA) is 75.3 Å². The van der Waals surface area contributed by atoms with E-state index in [1.807, 2.05) is 0 Å². The van der Waals surface area contributed by atoms with Crippen LogP contribution in [0, 0.1) is 5.92 Å². The lowest BCUT2D eigenvalue weighted by Crippen LogP contribution is -2.41. The monoisotopic (exact) mass is 318 g/mol. The van der Waals surface area contributed by atoms with Gasteiger partial charge in [-0.05, 0) is 36.6 Å². The normalized spacial score (nSPS) is 11.8. The number of thioether (sulfide) groups is 1. The first-order chi connectivity index (χ1) is 9.01. The Balaban J connectivity index is 0.00000361. The zero-order chi connectivity index (χ0) is 14.3. The van der Waals surface area contributed by atoms with E-state index in [1.165, 1.54) is 11.8 Å². The van der Waals surface area contributed by atoms with Crippen molar-refractivity contribution in [2.45, 2.75) is 31.2 Å². The molecule has 1 amide bonds. The lowest BCUT2D eigenvalue weighted by Gasteiger charge is -2.18. The number of hydrogen-bond donors (Lipinski definition) is 3. The Morgan fingerprint density at radius 1 is 1.35 bits per heavy atom. The van der Waals surface area contributed by atoms with Crippen LogP contribution >= 0.6 is 24.2 Å². The van der Waals surface area contributed by atoms with Crippen LogP contribution in [0.3, 0.4) is 0 Å².